The van der Waals surface area contributed by atoms with Crippen LogP contribution in [0.1, 0.15) is 0 Å². The fraction of sp³-hybridized carbons (Fsp3) is 0.364. The Kier molecular flexibility index (Phi) is 3.46. The van der Waals surface area contributed by atoms with Crippen LogP contribution in [0, 0.1) is 0 Å². The minimum absolute atomic E-state index is 0.132. The number of nitrogens with two attached hydrogens (primary N) is 1. The van der Waals surface area contributed by atoms with Crippen molar-refractivity contribution in [3.63, 3.8) is 0 Å². The van der Waals surface area contributed by atoms with Crippen LogP contribution in [0.5, 0.6) is 11.5 Å². The fourth-order valence-electron chi connectivity index (χ4n) is 1.51. The summed E-state index contributed by atoms with van der Waals surface area (Å²) in [5.41, 5.74) is 6.02. The van der Waals surface area contributed by atoms with Crippen LogP contribution in [0.15, 0.2) is 18.2 Å². The second kappa shape index (κ2) is 5.03. The van der Waals surface area contributed by atoms with E-state index in [-0.39, 0.29) is 19.2 Å². The number of hydrogen-bond acceptors (Lipinski definition) is 5. The van der Waals surface area contributed by atoms with Crippen molar-refractivity contribution >= 4 is 11.6 Å². The highest BCUT2D eigenvalue weighted by molar-refractivity contribution is 5.94. The molecule has 2 rings (SSSR count). The van der Waals surface area contributed by atoms with E-state index in [1.54, 1.807) is 18.2 Å². The van der Waals surface area contributed by atoms with Crippen molar-refractivity contribution in [3.05, 3.63) is 18.2 Å². The van der Waals surface area contributed by atoms with Gasteiger partial charge in [-0.3, -0.25) is 4.79 Å². The first-order valence-electron chi connectivity index (χ1n) is 5.18. The van der Waals surface area contributed by atoms with Gasteiger partial charge in [-0.05, 0) is 12.1 Å². The van der Waals surface area contributed by atoms with E-state index in [0.717, 1.165) is 0 Å². The zero-order valence-electron chi connectivity index (χ0n) is 9.43. The molecule has 6 heteroatoms. The molecule has 0 radical (unpaired) electrons. The van der Waals surface area contributed by atoms with E-state index in [4.69, 9.17) is 19.9 Å². The summed E-state index contributed by atoms with van der Waals surface area (Å²) in [6.07, 6.45) is -0.652. The van der Waals surface area contributed by atoms with E-state index in [9.17, 15) is 4.79 Å². The van der Waals surface area contributed by atoms with Crippen LogP contribution in [0.2, 0.25) is 0 Å². The Hall–Kier alpha value is -1.79. The molecule has 1 aromatic rings. The molecule has 92 valence electrons. The van der Waals surface area contributed by atoms with Crippen molar-refractivity contribution in [1.82, 2.24) is 0 Å². The summed E-state index contributed by atoms with van der Waals surface area (Å²) in [5, 5.41) is 2.69. The number of rotatable bonds is 4. The van der Waals surface area contributed by atoms with Gasteiger partial charge in [0.1, 0.15) is 6.10 Å². The van der Waals surface area contributed by atoms with Gasteiger partial charge in [-0.25, -0.2) is 0 Å². The zero-order valence-corrected chi connectivity index (χ0v) is 9.43. The molecular weight excluding hydrogens is 224 g/mol. The largest absolute Gasteiger partial charge is 0.454 e. The molecule has 1 aliphatic heterocycles. The summed E-state index contributed by atoms with van der Waals surface area (Å²) >= 11 is 0. The molecular formula is C11H14N2O4. The highest BCUT2D eigenvalue weighted by Crippen LogP contribution is 2.34. The average Bonchev–Trinajstić information content (AvgIpc) is 2.77. The third kappa shape index (κ3) is 2.48. The summed E-state index contributed by atoms with van der Waals surface area (Å²) in [5.74, 6) is 1.00. The van der Waals surface area contributed by atoms with E-state index in [1.807, 2.05) is 0 Å². The summed E-state index contributed by atoms with van der Waals surface area (Å²) in [4.78, 5) is 11.7. The summed E-state index contributed by atoms with van der Waals surface area (Å²) < 4.78 is 15.3. The van der Waals surface area contributed by atoms with Crippen LogP contribution < -0.4 is 20.5 Å². The highest BCUT2D eigenvalue weighted by Gasteiger charge is 2.18. The smallest absolute Gasteiger partial charge is 0.254 e. The lowest BCUT2D eigenvalue weighted by molar-refractivity contribution is -0.125. The van der Waals surface area contributed by atoms with Crippen LogP contribution in [0.3, 0.4) is 0 Å². The van der Waals surface area contributed by atoms with Crippen molar-refractivity contribution in [2.45, 2.75) is 6.10 Å². The van der Waals surface area contributed by atoms with Crippen LogP contribution >= 0.6 is 0 Å². The molecule has 1 heterocycles. The number of carbonyl (C=O) groups is 1. The lowest BCUT2D eigenvalue weighted by atomic mass is 10.2. The molecule has 0 aromatic heterocycles. The average molecular weight is 238 g/mol. The van der Waals surface area contributed by atoms with Gasteiger partial charge in [0.2, 0.25) is 6.79 Å². The maximum absolute atomic E-state index is 11.7. The predicted octanol–water partition coefficient (Wildman–Crippen LogP) is 0.327. The SMILES string of the molecule is COC(CN)C(=O)Nc1ccc2c(c1)OCO2. The number of carbonyl (C=O) groups excluding carboxylic acids is 1. The van der Waals surface area contributed by atoms with Gasteiger partial charge in [0.05, 0.1) is 0 Å². The maximum atomic E-state index is 11.7. The minimum Gasteiger partial charge on any atom is -0.454 e. The molecule has 0 spiro atoms. The molecule has 0 aliphatic carbocycles. The van der Waals surface area contributed by atoms with Crippen molar-refractivity contribution < 1.29 is 19.0 Å². The van der Waals surface area contributed by atoms with Gasteiger partial charge in [0, 0.05) is 25.4 Å². The molecule has 1 amide bonds. The second-order valence-corrected chi connectivity index (χ2v) is 3.52. The first kappa shape index (κ1) is 11.7. The molecule has 17 heavy (non-hydrogen) atoms. The maximum Gasteiger partial charge on any atom is 0.254 e. The van der Waals surface area contributed by atoms with Crippen LogP contribution in [0.25, 0.3) is 0 Å². The van der Waals surface area contributed by atoms with Crippen molar-refractivity contribution in [1.29, 1.82) is 0 Å². The van der Waals surface area contributed by atoms with Gasteiger partial charge >= 0.3 is 0 Å². The van der Waals surface area contributed by atoms with Crippen LogP contribution in [0.4, 0.5) is 5.69 Å². The topological polar surface area (TPSA) is 82.8 Å². The molecule has 0 fully saturated rings. The lowest BCUT2D eigenvalue weighted by Crippen LogP contribution is -2.35. The normalized spacial score (nSPS) is 14.5. The Morgan fingerprint density at radius 3 is 3.00 bits per heavy atom. The third-order valence-electron chi connectivity index (χ3n) is 2.43. The zero-order chi connectivity index (χ0) is 12.3. The number of benzene rings is 1. The molecule has 1 aliphatic rings. The number of anilines is 1. The lowest BCUT2D eigenvalue weighted by Gasteiger charge is -2.13. The molecule has 3 N–H and O–H groups in total. The van der Waals surface area contributed by atoms with E-state index < -0.39 is 6.10 Å². The van der Waals surface area contributed by atoms with Gasteiger partial charge in [0.25, 0.3) is 5.91 Å². The molecule has 0 saturated carbocycles. The second-order valence-electron chi connectivity index (χ2n) is 3.52. The molecule has 1 aromatic carbocycles. The third-order valence-corrected chi connectivity index (χ3v) is 2.43. The molecule has 1 atom stereocenters. The number of amides is 1. The standard InChI is InChI=1S/C11H14N2O4/c1-15-10(5-12)11(14)13-7-2-3-8-9(4-7)17-6-16-8/h2-4,10H,5-6,12H2,1H3,(H,13,14). The Labute approximate surface area is 98.6 Å². The van der Waals surface area contributed by atoms with Gasteiger partial charge in [-0.2, -0.15) is 0 Å². The summed E-state index contributed by atoms with van der Waals surface area (Å²) in [7, 11) is 1.44. The van der Waals surface area contributed by atoms with E-state index in [2.05, 4.69) is 5.32 Å². The van der Waals surface area contributed by atoms with Crippen molar-refractivity contribution in [3.8, 4) is 11.5 Å². The quantitative estimate of drug-likeness (QED) is 0.789. The number of fused-ring (bicyclic) bond motifs is 1. The number of ether oxygens (including phenoxy) is 3. The number of hydrogen-bond donors (Lipinski definition) is 2. The highest BCUT2D eigenvalue weighted by atomic mass is 16.7. The fourth-order valence-corrected chi connectivity index (χ4v) is 1.51. The Balaban J connectivity index is 2.06. The molecule has 1 unspecified atom stereocenters. The first-order valence-corrected chi connectivity index (χ1v) is 5.18. The predicted molar refractivity (Wildman–Crippen MR) is 61.0 cm³/mol. The Morgan fingerprint density at radius 1 is 1.53 bits per heavy atom. The molecule has 0 saturated heterocycles. The van der Waals surface area contributed by atoms with Gasteiger partial charge in [0.15, 0.2) is 11.5 Å². The van der Waals surface area contributed by atoms with Gasteiger partial charge in [-0.1, -0.05) is 0 Å². The molecule has 0 bridgehead atoms. The van der Waals surface area contributed by atoms with Gasteiger partial charge in [-0.15, -0.1) is 0 Å². The summed E-state index contributed by atoms with van der Waals surface area (Å²) in [6.45, 7) is 0.336. The van der Waals surface area contributed by atoms with Crippen molar-refractivity contribution in [2.75, 3.05) is 25.8 Å². The first-order chi connectivity index (χ1) is 8.24. The van der Waals surface area contributed by atoms with Crippen molar-refractivity contribution in [2.24, 2.45) is 5.73 Å². The minimum atomic E-state index is -0.652. The van der Waals surface area contributed by atoms with Crippen LogP contribution in [-0.4, -0.2) is 32.5 Å². The number of methoxy groups -OCH3 is 1. The van der Waals surface area contributed by atoms with E-state index in [0.29, 0.717) is 17.2 Å². The monoisotopic (exact) mass is 238 g/mol. The Morgan fingerprint density at radius 2 is 2.29 bits per heavy atom. The number of nitrogens with one attached hydrogen (secondary N) is 1. The Bertz CT molecular complexity index is 418. The van der Waals surface area contributed by atoms with Crippen LogP contribution in [-0.2, 0) is 9.53 Å². The summed E-state index contributed by atoms with van der Waals surface area (Å²) in [6, 6.07) is 5.17. The molecule has 6 nitrogen and oxygen atoms in total. The van der Waals surface area contributed by atoms with Gasteiger partial charge < -0.3 is 25.3 Å². The van der Waals surface area contributed by atoms with E-state index in [1.165, 1.54) is 7.11 Å². The van der Waals surface area contributed by atoms with E-state index >= 15 is 0 Å².